The summed E-state index contributed by atoms with van der Waals surface area (Å²) in [6.07, 6.45) is -2.78. The van der Waals surface area contributed by atoms with Gasteiger partial charge >= 0.3 is 12.1 Å². The Morgan fingerprint density at radius 2 is 1.20 bits per heavy atom. The molecule has 312 valence electrons. The molecule has 4 rings (SSSR count). The minimum absolute atomic E-state index is 0.234. The third-order valence-corrected chi connectivity index (χ3v) is 10.8. The lowest BCUT2D eigenvalue weighted by molar-refractivity contribution is -0.266. The average Bonchev–Trinajstić information content (AvgIpc) is 3.02. The zero-order valence-corrected chi connectivity index (χ0v) is 37.4. The molecule has 0 fully saturated rings. The van der Waals surface area contributed by atoms with Crippen LogP contribution in [0.25, 0.3) is 21.5 Å². The molecule has 56 heavy (non-hydrogen) atoms. The second-order valence-corrected chi connectivity index (χ2v) is 21.2. The predicted octanol–water partition coefficient (Wildman–Crippen LogP) is 15.8. The van der Waals surface area contributed by atoms with Crippen molar-refractivity contribution in [1.29, 1.82) is 0 Å². The fourth-order valence-corrected chi connectivity index (χ4v) is 7.95. The molecule has 0 aliphatic rings. The van der Waals surface area contributed by atoms with Crippen LogP contribution in [0.1, 0.15) is 153 Å². The first-order chi connectivity index (χ1) is 25.3. The molecular weight excluding hydrogens is 706 g/mol. The van der Waals surface area contributed by atoms with E-state index < -0.39 is 34.8 Å². The summed E-state index contributed by atoms with van der Waals surface area (Å²) in [5.41, 5.74) is -1.38. The number of benzene rings is 4. The van der Waals surface area contributed by atoms with E-state index in [1.165, 1.54) is 60.9 Å². The second-order valence-electron chi connectivity index (χ2n) is 21.2. The van der Waals surface area contributed by atoms with Crippen molar-refractivity contribution < 1.29 is 28.2 Å². The molecule has 0 aromatic heterocycles. The summed E-state index contributed by atoms with van der Waals surface area (Å²) in [5, 5.41) is 23.8. The van der Waals surface area contributed by atoms with Gasteiger partial charge in [0.15, 0.2) is 5.41 Å². The second kappa shape index (κ2) is 18.4. The molecule has 4 aromatic rings. The van der Waals surface area contributed by atoms with Crippen molar-refractivity contribution in [3.05, 3.63) is 90.0 Å². The van der Waals surface area contributed by atoms with Crippen molar-refractivity contribution in [2.24, 2.45) is 38.9 Å². The molecule has 3 atom stereocenters. The Bertz CT molecular complexity index is 1840. The fourth-order valence-electron chi connectivity index (χ4n) is 7.95. The number of hydrogen-bond donors (Lipinski definition) is 2. The van der Waals surface area contributed by atoms with E-state index in [2.05, 4.69) is 130 Å². The molecule has 0 saturated carbocycles. The lowest BCUT2D eigenvalue weighted by Gasteiger charge is -2.45. The number of hydrogen-bond acceptors (Lipinski definition) is 2. The lowest BCUT2D eigenvalue weighted by atomic mass is 9.59. The van der Waals surface area contributed by atoms with Gasteiger partial charge in [-0.25, -0.2) is 0 Å². The molecule has 0 saturated heterocycles. The van der Waals surface area contributed by atoms with Crippen LogP contribution in [0.3, 0.4) is 0 Å². The Morgan fingerprint density at radius 1 is 0.661 bits per heavy atom. The first-order valence-electron chi connectivity index (χ1n) is 20.3. The van der Waals surface area contributed by atoms with E-state index in [9.17, 15) is 23.1 Å². The molecule has 0 heterocycles. The zero-order chi connectivity index (χ0) is 43.2. The van der Waals surface area contributed by atoms with Gasteiger partial charge in [-0.05, 0) is 109 Å². The Morgan fingerprint density at radius 3 is 1.64 bits per heavy atom. The van der Waals surface area contributed by atoms with Gasteiger partial charge in [-0.1, -0.05) is 178 Å². The molecular formula is C50H73F3O3. The summed E-state index contributed by atoms with van der Waals surface area (Å²) in [5.74, 6) is 1.16. The van der Waals surface area contributed by atoms with Crippen LogP contribution in [0.15, 0.2) is 78.9 Å². The largest absolute Gasteiger partial charge is 0.508 e. The van der Waals surface area contributed by atoms with Gasteiger partial charge < -0.3 is 10.2 Å². The van der Waals surface area contributed by atoms with Gasteiger partial charge in [0.25, 0.3) is 0 Å². The van der Waals surface area contributed by atoms with Crippen LogP contribution in [0, 0.1) is 38.9 Å². The highest BCUT2D eigenvalue weighted by Crippen LogP contribution is 2.56. The molecule has 3 unspecified atom stereocenters. The third-order valence-electron chi connectivity index (χ3n) is 10.8. The summed E-state index contributed by atoms with van der Waals surface area (Å²) in [6.45, 7) is 32.0. The monoisotopic (exact) mass is 779 g/mol. The molecule has 0 amide bonds. The zero-order valence-electron chi connectivity index (χ0n) is 37.4. The molecule has 3 nitrogen and oxygen atoms in total. The Kier molecular flexibility index (Phi) is 15.9. The maximum atomic E-state index is 13.3. The molecule has 0 radical (unpaired) electrons. The quantitative estimate of drug-likeness (QED) is 0.187. The Hall–Kier alpha value is -3.54. The topological polar surface area (TPSA) is 57.5 Å². The first kappa shape index (κ1) is 48.6. The summed E-state index contributed by atoms with van der Waals surface area (Å²) < 4.78 is 39.8. The highest BCUT2D eigenvalue weighted by atomic mass is 19.4. The van der Waals surface area contributed by atoms with Gasteiger partial charge in [0, 0.05) is 0 Å². The van der Waals surface area contributed by atoms with E-state index in [1.807, 2.05) is 12.1 Å². The highest BCUT2D eigenvalue weighted by Gasteiger charge is 2.67. The maximum Gasteiger partial charge on any atom is 0.405 e. The maximum absolute atomic E-state index is 13.3. The Labute approximate surface area is 337 Å². The lowest BCUT2D eigenvalue weighted by Crippen LogP contribution is -2.55. The number of aliphatic carboxylic acids is 1. The fraction of sp³-hybridized carbons (Fsp3) is 0.580. The Balaban J connectivity index is 0.000000292. The van der Waals surface area contributed by atoms with E-state index in [1.54, 1.807) is 26.8 Å². The van der Waals surface area contributed by atoms with Crippen molar-refractivity contribution in [1.82, 2.24) is 0 Å². The number of phenols is 1. The van der Waals surface area contributed by atoms with Gasteiger partial charge in [0.1, 0.15) is 5.75 Å². The van der Waals surface area contributed by atoms with Crippen LogP contribution in [0.5, 0.6) is 5.75 Å². The number of aromatic hydroxyl groups is 1. The summed E-state index contributed by atoms with van der Waals surface area (Å²) in [7, 11) is 0. The number of halogens is 3. The number of phenolic OH excluding ortho intramolecular Hbond substituents is 1. The molecule has 2 N–H and O–H groups in total. The molecule has 4 aromatic carbocycles. The van der Waals surface area contributed by atoms with Gasteiger partial charge in [0.05, 0.1) is 0 Å². The van der Waals surface area contributed by atoms with Crippen LogP contribution < -0.4 is 0 Å². The number of rotatable bonds is 8. The first-order valence-corrected chi connectivity index (χ1v) is 20.3. The standard InChI is InChI=1S/C20H28O.C18H24.C12H21F3O2/c1-19(2,3)13-18(20(4,5)6)16-8-7-15-12-17(21)10-9-14(15)11-16;1-13(2)12-18(14(3)4)17-11-7-9-15-8-5-6-10-16(15)17;1-9(2,3)7-11(8(16)17,10(4,5)6)12(13,14)15/h7-12,18,21H,13H2,1-6H3;5-11,13-14,18H,12H2,1-4H3;7H2,1-6H3,(H,16,17). The summed E-state index contributed by atoms with van der Waals surface area (Å²) in [4.78, 5) is 11.3. The summed E-state index contributed by atoms with van der Waals surface area (Å²) >= 11 is 0. The molecule has 6 heteroatoms. The minimum Gasteiger partial charge on any atom is -0.508 e. The van der Waals surface area contributed by atoms with E-state index >= 15 is 0 Å². The van der Waals surface area contributed by atoms with Crippen molar-refractivity contribution in [2.75, 3.05) is 0 Å². The molecule has 0 spiro atoms. The van der Waals surface area contributed by atoms with E-state index in [-0.39, 0.29) is 5.41 Å². The number of carboxylic acid groups (broad SMARTS) is 1. The van der Waals surface area contributed by atoms with Crippen LogP contribution in [-0.2, 0) is 4.79 Å². The smallest absolute Gasteiger partial charge is 0.405 e. The van der Waals surface area contributed by atoms with Crippen LogP contribution in [0.4, 0.5) is 13.2 Å². The minimum atomic E-state index is -4.77. The van der Waals surface area contributed by atoms with Gasteiger partial charge in [-0.2, -0.15) is 13.2 Å². The average molecular weight is 779 g/mol. The number of carbonyl (C=O) groups is 1. The van der Waals surface area contributed by atoms with Gasteiger partial charge in [-0.15, -0.1) is 0 Å². The van der Waals surface area contributed by atoms with E-state index in [0.717, 1.165) is 11.3 Å². The number of fused-ring (bicyclic) bond motifs is 2. The molecule has 0 aliphatic heterocycles. The number of carboxylic acids is 1. The van der Waals surface area contributed by atoms with Crippen molar-refractivity contribution >= 4 is 27.5 Å². The van der Waals surface area contributed by atoms with E-state index in [4.69, 9.17) is 5.11 Å². The van der Waals surface area contributed by atoms with Crippen LogP contribution in [-0.4, -0.2) is 22.4 Å². The van der Waals surface area contributed by atoms with Crippen LogP contribution in [0.2, 0.25) is 0 Å². The summed E-state index contributed by atoms with van der Waals surface area (Å²) in [6, 6.07) is 27.7. The molecule has 0 aliphatic carbocycles. The van der Waals surface area contributed by atoms with E-state index in [0.29, 0.717) is 28.9 Å². The highest BCUT2D eigenvalue weighted by molar-refractivity contribution is 5.86. The normalized spacial score (nSPS) is 15.1. The van der Waals surface area contributed by atoms with Gasteiger partial charge in [-0.3, -0.25) is 4.79 Å². The van der Waals surface area contributed by atoms with Crippen molar-refractivity contribution in [3.63, 3.8) is 0 Å². The number of alkyl halides is 3. The SMILES string of the molecule is CC(C)(C)CC(C(=O)O)(C(C)(C)C)C(F)(F)F.CC(C)(C)CC(c1ccc2cc(O)ccc2c1)C(C)(C)C.CC(C)CC(c1cccc2ccccc12)C(C)C. The van der Waals surface area contributed by atoms with Gasteiger partial charge in [0.2, 0.25) is 0 Å². The van der Waals surface area contributed by atoms with Crippen LogP contribution >= 0.6 is 0 Å². The molecule has 0 bridgehead atoms. The predicted molar refractivity (Wildman–Crippen MR) is 233 cm³/mol. The third kappa shape index (κ3) is 13.3. The van der Waals surface area contributed by atoms with Crippen molar-refractivity contribution in [3.8, 4) is 5.75 Å². The van der Waals surface area contributed by atoms with Crippen molar-refractivity contribution in [2.45, 2.75) is 148 Å².